The van der Waals surface area contributed by atoms with Crippen LogP contribution in [0.1, 0.15) is 65.6 Å². The van der Waals surface area contributed by atoms with Crippen molar-refractivity contribution in [2.24, 2.45) is 0 Å². The number of hydrogen-bond acceptors (Lipinski definition) is 7. The molecule has 2 aliphatic rings. The zero-order chi connectivity index (χ0) is 33.7. The molecule has 5 N–H and O–H groups in total. The number of carbonyl (C=O) groups is 4. The summed E-state index contributed by atoms with van der Waals surface area (Å²) in [6, 6.07) is 19.5. The normalized spacial score (nSPS) is 20.0. The molecule has 0 aromatic heterocycles. The number of amides is 4. The second kappa shape index (κ2) is 17.3. The predicted octanol–water partition coefficient (Wildman–Crippen LogP) is 3.20. The van der Waals surface area contributed by atoms with Crippen LogP contribution in [0.5, 0.6) is 11.5 Å². The number of aromatic hydroxyl groups is 1. The number of fused-ring (bicyclic) bond motifs is 1. The monoisotopic (exact) mass is 655 g/mol. The van der Waals surface area contributed by atoms with Crippen molar-refractivity contribution in [3.05, 3.63) is 95.1 Å². The smallest absolute Gasteiger partial charge is 0.255 e. The third-order valence-electron chi connectivity index (χ3n) is 8.66. The first kappa shape index (κ1) is 34.4. The Morgan fingerprint density at radius 1 is 0.854 bits per heavy atom. The van der Waals surface area contributed by atoms with E-state index in [2.05, 4.69) is 38.3 Å². The first-order chi connectivity index (χ1) is 23.3. The molecule has 0 bridgehead atoms. The number of carbonyl (C=O) groups excluding carboxylic acids is 4. The third kappa shape index (κ3) is 10.3. The molecular formula is C37H45N5O6. The fourth-order valence-corrected chi connectivity index (χ4v) is 5.94. The van der Waals surface area contributed by atoms with Crippen LogP contribution in [0, 0.1) is 0 Å². The number of nitrogens with zero attached hydrogens (tertiary/aromatic N) is 1. The lowest BCUT2D eigenvalue weighted by atomic mass is 10.0. The van der Waals surface area contributed by atoms with Gasteiger partial charge in [-0.3, -0.25) is 24.1 Å². The van der Waals surface area contributed by atoms with Gasteiger partial charge >= 0.3 is 0 Å². The predicted molar refractivity (Wildman–Crippen MR) is 181 cm³/mol. The maximum atomic E-state index is 13.5. The first-order valence-corrected chi connectivity index (χ1v) is 16.8. The van der Waals surface area contributed by atoms with Crippen LogP contribution in [0.25, 0.3) is 0 Å². The number of hydrogen-bond donors (Lipinski definition) is 5. The highest BCUT2D eigenvalue weighted by Crippen LogP contribution is 2.19. The highest BCUT2D eigenvalue weighted by molar-refractivity contribution is 5.99. The molecule has 2 heterocycles. The number of ether oxygens (including phenoxy) is 1. The Kier molecular flexibility index (Phi) is 12.4. The molecule has 5 rings (SSSR count). The van der Waals surface area contributed by atoms with E-state index >= 15 is 0 Å². The summed E-state index contributed by atoms with van der Waals surface area (Å²) in [7, 11) is 0. The lowest BCUT2D eigenvalue weighted by Gasteiger charge is -2.26. The average Bonchev–Trinajstić information content (AvgIpc) is 3.10. The fourth-order valence-electron chi connectivity index (χ4n) is 5.94. The van der Waals surface area contributed by atoms with Crippen molar-refractivity contribution in [3.63, 3.8) is 0 Å². The largest absolute Gasteiger partial charge is 0.508 e. The van der Waals surface area contributed by atoms with Gasteiger partial charge in [-0.2, -0.15) is 0 Å². The van der Waals surface area contributed by atoms with Gasteiger partial charge in [0.25, 0.3) is 5.91 Å². The first-order valence-electron chi connectivity index (χ1n) is 16.8. The van der Waals surface area contributed by atoms with Crippen LogP contribution in [0.4, 0.5) is 0 Å². The van der Waals surface area contributed by atoms with E-state index in [1.54, 1.807) is 36.4 Å². The maximum Gasteiger partial charge on any atom is 0.255 e. The second-order valence-corrected chi connectivity index (χ2v) is 12.4. The Morgan fingerprint density at radius 2 is 1.56 bits per heavy atom. The quantitative estimate of drug-likeness (QED) is 0.263. The summed E-state index contributed by atoms with van der Waals surface area (Å²) in [4.78, 5) is 55.7. The molecule has 0 radical (unpaired) electrons. The van der Waals surface area contributed by atoms with E-state index in [9.17, 15) is 24.3 Å². The van der Waals surface area contributed by atoms with Crippen LogP contribution in [-0.4, -0.2) is 72.0 Å². The van der Waals surface area contributed by atoms with Gasteiger partial charge in [0.05, 0.1) is 12.2 Å². The summed E-state index contributed by atoms with van der Waals surface area (Å²) in [6.07, 6.45) is 4.33. The summed E-state index contributed by atoms with van der Waals surface area (Å²) < 4.78 is 5.89. The Labute approximate surface area is 281 Å². The van der Waals surface area contributed by atoms with Crippen molar-refractivity contribution in [2.75, 3.05) is 26.2 Å². The average molecular weight is 656 g/mol. The molecule has 11 heteroatoms. The second-order valence-electron chi connectivity index (χ2n) is 12.4. The highest BCUT2D eigenvalue weighted by Gasteiger charge is 2.26. The molecule has 2 aliphatic heterocycles. The van der Waals surface area contributed by atoms with Crippen LogP contribution >= 0.6 is 0 Å². The Morgan fingerprint density at radius 3 is 2.33 bits per heavy atom. The summed E-state index contributed by atoms with van der Waals surface area (Å²) in [6.45, 7) is 3.94. The van der Waals surface area contributed by atoms with Gasteiger partial charge in [0.2, 0.25) is 17.7 Å². The molecule has 0 unspecified atom stereocenters. The fraction of sp³-hybridized carbons (Fsp3) is 0.405. The molecule has 0 saturated carbocycles. The van der Waals surface area contributed by atoms with Gasteiger partial charge < -0.3 is 31.1 Å². The number of phenolic OH excluding ortho intramolecular Hbond substituents is 1. The summed E-state index contributed by atoms with van der Waals surface area (Å²) in [5.41, 5.74) is 3.17. The minimum atomic E-state index is -1.02. The lowest BCUT2D eigenvalue weighted by molar-refractivity contribution is -0.129. The maximum absolute atomic E-state index is 13.5. The van der Waals surface area contributed by atoms with E-state index in [4.69, 9.17) is 4.74 Å². The number of rotatable bonds is 7. The van der Waals surface area contributed by atoms with E-state index in [1.807, 2.05) is 12.1 Å². The summed E-state index contributed by atoms with van der Waals surface area (Å²) in [5, 5.41) is 21.0. The third-order valence-corrected chi connectivity index (χ3v) is 8.66. The van der Waals surface area contributed by atoms with Crippen molar-refractivity contribution in [3.8, 4) is 11.5 Å². The molecule has 48 heavy (non-hydrogen) atoms. The zero-order valence-electron chi connectivity index (χ0n) is 27.2. The van der Waals surface area contributed by atoms with Gasteiger partial charge in [-0.1, -0.05) is 55.0 Å². The van der Waals surface area contributed by atoms with Crippen LogP contribution in [0.2, 0.25) is 0 Å². The minimum Gasteiger partial charge on any atom is -0.508 e. The number of nitrogens with one attached hydrogen (secondary N) is 4. The molecule has 4 amide bonds. The molecule has 254 valence electrons. The van der Waals surface area contributed by atoms with Crippen molar-refractivity contribution in [1.82, 2.24) is 26.2 Å². The Balaban J connectivity index is 1.27. The number of benzene rings is 3. The zero-order valence-corrected chi connectivity index (χ0v) is 27.2. The molecule has 0 spiro atoms. The van der Waals surface area contributed by atoms with Gasteiger partial charge in [0, 0.05) is 32.5 Å². The van der Waals surface area contributed by atoms with Crippen LogP contribution in [-0.2, 0) is 33.9 Å². The minimum absolute atomic E-state index is 0.00868. The molecule has 11 nitrogen and oxygen atoms in total. The Hall–Kier alpha value is -4.90. The van der Waals surface area contributed by atoms with Crippen molar-refractivity contribution in [1.29, 1.82) is 0 Å². The number of phenols is 1. The molecule has 1 fully saturated rings. The van der Waals surface area contributed by atoms with Gasteiger partial charge in [0.15, 0.2) is 0 Å². The van der Waals surface area contributed by atoms with Crippen molar-refractivity contribution in [2.45, 2.75) is 70.1 Å². The SMILES string of the molecule is O=C1CC[C@@H](C(=O)NCc2ccc(CN3CCCCC3)cc2)NC(=O)c2ccccc2OCCCNC(=O)[C@H](Cc2ccc(O)cc2)N1. The van der Waals surface area contributed by atoms with Crippen LogP contribution in [0.3, 0.4) is 0 Å². The highest BCUT2D eigenvalue weighted by atomic mass is 16.5. The number of likely N-dealkylation sites (tertiary alicyclic amines) is 1. The summed E-state index contributed by atoms with van der Waals surface area (Å²) >= 11 is 0. The number of piperidine rings is 1. The summed E-state index contributed by atoms with van der Waals surface area (Å²) in [5.74, 6) is -1.23. The van der Waals surface area contributed by atoms with E-state index in [-0.39, 0.29) is 49.6 Å². The van der Waals surface area contributed by atoms with Crippen molar-refractivity contribution < 1.29 is 29.0 Å². The van der Waals surface area contributed by atoms with E-state index in [1.165, 1.54) is 37.0 Å². The number of para-hydroxylation sites is 1. The van der Waals surface area contributed by atoms with Gasteiger partial charge in [-0.25, -0.2) is 0 Å². The molecule has 0 aliphatic carbocycles. The molecule has 1 saturated heterocycles. The lowest BCUT2D eigenvalue weighted by Crippen LogP contribution is -2.50. The van der Waals surface area contributed by atoms with Crippen molar-refractivity contribution >= 4 is 23.6 Å². The molecule has 3 aromatic carbocycles. The van der Waals surface area contributed by atoms with Gasteiger partial charge in [-0.15, -0.1) is 0 Å². The molecule has 3 aromatic rings. The standard InChI is InChI=1S/C37H45N5O6/c43-29-15-13-26(14-16-29)23-32-37(47)38-19-6-22-48-33-8-3-2-7-30(33)35(45)41-31(17-18-34(44)40-32)36(46)39-24-27-9-11-28(12-10-27)25-42-20-4-1-5-21-42/h2-3,7-16,31-32,43H,1,4-6,17-25H2,(H,38,47)(H,39,46)(H,40,44)(H,41,45)/t31-,32-/m0/s1. The Bertz CT molecular complexity index is 1540. The van der Waals surface area contributed by atoms with Gasteiger partial charge in [0.1, 0.15) is 23.6 Å². The molecular weight excluding hydrogens is 610 g/mol. The van der Waals surface area contributed by atoms with Crippen LogP contribution < -0.4 is 26.0 Å². The van der Waals surface area contributed by atoms with E-state index < -0.39 is 29.8 Å². The topological polar surface area (TPSA) is 149 Å². The van der Waals surface area contributed by atoms with Crippen LogP contribution in [0.15, 0.2) is 72.8 Å². The van der Waals surface area contributed by atoms with E-state index in [0.29, 0.717) is 18.7 Å². The van der Waals surface area contributed by atoms with Gasteiger partial charge in [-0.05, 0) is 79.7 Å². The molecule has 2 atom stereocenters. The van der Waals surface area contributed by atoms with E-state index in [0.717, 1.165) is 30.8 Å².